The normalized spacial score (nSPS) is 21.7. The van der Waals surface area contributed by atoms with Crippen LogP contribution in [0.5, 0.6) is 0 Å². The monoisotopic (exact) mass is 771 g/mol. The summed E-state index contributed by atoms with van der Waals surface area (Å²) in [5.41, 5.74) is 4.97. The number of benzene rings is 2. The van der Waals surface area contributed by atoms with Crippen molar-refractivity contribution in [3.8, 4) is 0 Å². The number of ether oxygens (including phenoxy) is 1. The van der Waals surface area contributed by atoms with Crippen LogP contribution in [0.15, 0.2) is 73.1 Å². The highest BCUT2D eigenvalue weighted by Gasteiger charge is 2.41. The van der Waals surface area contributed by atoms with Gasteiger partial charge in [0, 0.05) is 82.4 Å². The van der Waals surface area contributed by atoms with E-state index in [1.165, 1.54) is 16.8 Å². The van der Waals surface area contributed by atoms with Crippen molar-refractivity contribution in [1.82, 2.24) is 30.1 Å². The second-order valence-electron chi connectivity index (χ2n) is 15.9. The minimum Gasteiger partial charge on any atom is -0.385 e. The van der Waals surface area contributed by atoms with Gasteiger partial charge in [-0.05, 0) is 90.6 Å². The maximum absolute atomic E-state index is 13.2. The molecule has 0 aliphatic carbocycles. The van der Waals surface area contributed by atoms with Crippen LogP contribution < -0.4 is 20.4 Å². The first-order valence-corrected chi connectivity index (χ1v) is 20.2. The molecule has 14 nitrogen and oxygen atoms in total. The molecule has 296 valence electrons. The summed E-state index contributed by atoms with van der Waals surface area (Å²) in [7, 11) is 0. The average molecular weight is 772 g/mol. The van der Waals surface area contributed by atoms with E-state index in [0.29, 0.717) is 56.5 Å². The number of rotatable bonds is 9. The van der Waals surface area contributed by atoms with Gasteiger partial charge in [0.15, 0.2) is 0 Å². The average Bonchev–Trinajstić information content (AvgIpc) is 3.57. The highest BCUT2D eigenvalue weighted by molar-refractivity contribution is 6.05. The van der Waals surface area contributed by atoms with Crippen LogP contribution in [0.4, 0.5) is 23.3 Å². The fourth-order valence-electron chi connectivity index (χ4n) is 8.99. The van der Waals surface area contributed by atoms with Crippen LogP contribution in [0.3, 0.4) is 0 Å². The van der Waals surface area contributed by atoms with E-state index in [1.54, 1.807) is 17.2 Å². The molecule has 1 atom stereocenters. The van der Waals surface area contributed by atoms with Gasteiger partial charge in [0.25, 0.3) is 5.91 Å². The highest BCUT2D eigenvalue weighted by Crippen LogP contribution is 2.37. The summed E-state index contributed by atoms with van der Waals surface area (Å²) in [6.07, 6.45) is 7.63. The smallest absolute Gasteiger partial charge is 0.255 e. The summed E-state index contributed by atoms with van der Waals surface area (Å²) in [6.45, 7) is 7.68. The van der Waals surface area contributed by atoms with Crippen LogP contribution >= 0.6 is 0 Å². The molecule has 5 aliphatic heterocycles. The number of carbonyl (C=O) groups is 3. The number of carbonyl (C=O) groups excluding carboxylic acids is 3. The topological polar surface area (TPSA) is 156 Å². The van der Waals surface area contributed by atoms with E-state index in [9.17, 15) is 19.5 Å². The van der Waals surface area contributed by atoms with Crippen molar-refractivity contribution in [2.75, 3.05) is 67.6 Å². The number of imide groups is 1. The quantitative estimate of drug-likeness (QED) is 0.210. The molecule has 4 saturated heterocycles. The largest absolute Gasteiger partial charge is 0.385 e. The molecule has 1 unspecified atom stereocenters. The number of likely N-dealkylation sites (tertiary alicyclic amines) is 1. The van der Waals surface area contributed by atoms with Crippen LogP contribution in [-0.2, 0) is 33.0 Å². The van der Waals surface area contributed by atoms with Crippen molar-refractivity contribution in [1.29, 1.82) is 0 Å². The third kappa shape index (κ3) is 7.94. The number of aromatic nitrogens is 3. The molecule has 7 heterocycles. The van der Waals surface area contributed by atoms with Crippen LogP contribution in [-0.4, -0.2) is 106 Å². The van der Waals surface area contributed by atoms with Crippen molar-refractivity contribution in [2.45, 2.75) is 69.2 Å². The second kappa shape index (κ2) is 15.8. The summed E-state index contributed by atoms with van der Waals surface area (Å²) in [5, 5.41) is 17.4. The number of nitrogens with one attached hydrogen (secondary N) is 2. The van der Waals surface area contributed by atoms with E-state index >= 15 is 0 Å². The summed E-state index contributed by atoms with van der Waals surface area (Å²) in [5.74, 6) is 1.71. The summed E-state index contributed by atoms with van der Waals surface area (Å²) >= 11 is 0. The maximum atomic E-state index is 13.2. The Morgan fingerprint density at radius 1 is 0.860 bits per heavy atom. The van der Waals surface area contributed by atoms with E-state index in [2.05, 4.69) is 65.6 Å². The third-order valence-electron chi connectivity index (χ3n) is 12.4. The molecule has 0 bridgehead atoms. The summed E-state index contributed by atoms with van der Waals surface area (Å²) in [6, 6.07) is 20.0. The van der Waals surface area contributed by atoms with Crippen molar-refractivity contribution in [3.05, 3.63) is 101 Å². The zero-order chi connectivity index (χ0) is 38.9. The van der Waals surface area contributed by atoms with E-state index in [1.807, 2.05) is 30.5 Å². The Morgan fingerprint density at radius 3 is 2.39 bits per heavy atom. The van der Waals surface area contributed by atoms with Crippen molar-refractivity contribution in [3.63, 3.8) is 0 Å². The van der Waals surface area contributed by atoms with Crippen molar-refractivity contribution >= 4 is 41.0 Å². The van der Waals surface area contributed by atoms with Gasteiger partial charge in [-0.3, -0.25) is 24.6 Å². The maximum Gasteiger partial charge on any atom is 0.255 e. The number of hydrogen-bond acceptors (Lipinski definition) is 12. The molecule has 0 spiro atoms. The number of amides is 3. The predicted octanol–water partition coefficient (Wildman–Crippen LogP) is 4.08. The van der Waals surface area contributed by atoms with E-state index in [-0.39, 0.29) is 18.2 Å². The Kier molecular flexibility index (Phi) is 10.3. The molecule has 2 aromatic carbocycles. The molecule has 0 saturated carbocycles. The molecular formula is C43H49N9O5. The van der Waals surface area contributed by atoms with Gasteiger partial charge < -0.3 is 29.9 Å². The number of anilines is 4. The first-order valence-electron chi connectivity index (χ1n) is 20.2. The Morgan fingerprint density at radius 2 is 1.65 bits per heavy atom. The second-order valence-corrected chi connectivity index (χ2v) is 15.9. The molecule has 3 amide bonds. The molecular weight excluding hydrogens is 723 g/mol. The van der Waals surface area contributed by atoms with Crippen molar-refractivity contribution < 1.29 is 24.2 Å². The van der Waals surface area contributed by atoms with Gasteiger partial charge in [0.1, 0.15) is 17.7 Å². The van der Waals surface area contributed by atoms with Crippen LogP contribution in [0.1, 0.15) is 77.1 Å². The van der Waals surface area contributed by atoms with Crippen LogP contribution in [0.25, 0.3) is 0 Å². The number of hydrogen-bond donors (Lipinski definition) is 3. The lowest BCUT2D eigenvalue weighted by Gasteiger charge is -2.39. The third-order valence-corrected chi connectivity index (χ3v) is 12.4. The van der Waals surface area contributed by atoms with Crippen LogP contribution in [0.2, 0.25) is 0 Å². The molecule has 4 fully saturated rings. The first kappa shape index (κ1) is 37.2. The molecule has 4 aromatic rings. The molecule has 9 rings (SSSR count). The number of pyridine rings is 1. The zero-order valence-corrected chi connectivity index (χ0v) is 32.1. The first-order chi connectivity index (χ1) is 27.8. The molecule has 2 aromatic heterocycles. The van der Waals surface area contributed by atoms with Crippen molar-refractivity contribution in [2.24, 2.45) is 0 Å². The van der Waals surface area contributed by atoms with Gasteiger partial charge in [0.2, 0.25) is 17.8 Å². The van der Waals surface area contributed by atoms with Gasteiger partial charge >= 0.3 is 0 Å². The number of piperidine rings is 3. The standard InChI is InChI=1S/C43H49N9O5/c53-39-10-8-36(40(54)48-39)52-28-32-25-33(4-7-35(32)41(52)55)43(56)14-19-49(20-15-43)27-29-1-5-34(6-2-29)50-17-12-30(13-18-50)31-3-9-37(45-26-31)46-42-44-16-11-38(47-42)51-21-23-57-24-22-51/h1-7,9,11,16,25-26,30,36,56H,8,10,12-15,17-24,27-28H2,(H,48,53,54)(H,44,45,46,47). The Labute approximate surface area is 332 Å². The van der Waals surface area contributed by atoms with E-state index in [4.69, 9.17) is 9.72 Å². The predicted molar refractivity (Wildman–Crippen MR) is 214 cm³/mol. The summed E-state index contributed by atoms with van der Waals surface area (Å²) < 4.78 is 5.47. The van der Waals surface area contributed by atoms with Gasteiger partial charge in [0.05, 0.1) is 18.8 Å². The van der Waals surface area contributed by atoms with Gasteiger partial charge in [-0.15, -0.1) is 0 Å². The lowest BCUT2D eigenvalue weighted by atomic mass is 9.83. The zero-order valence-electron chi connectivity index (χ0n) is 32.1. The number of morpholine rings is 1. The van der Waals surface area contributed by atoms with E-state index < -0.39 is 17.6 Å². The lowest BCUT2D eigenvalue weighted by Crippen LogP contribution is -2.52. The number of nitrogens with zero attached hydrogens (tertiary/aromatic N) is 7. The Hall–Kier alpha value is -5.44. The van der Waals surface area contributed by atoms with Crippen LogP contribution in [0, 0.1) is 0 Å². The van der Waals surface area contributed by atoms with Gasteiger partial charge in [-0.1, -0.05) is 30.3 Å². The SMILES string of the molecule is O=C1CCC(N2Cc3cc(C4(O)CCN(Cc5ccc(N6CCC(c7ccc(Nc8nccc(N9CCOCC9)n8)nc7)CC6)cc5)CC4)ccc3C2=O)C(=O)N1. The van der Waals surface area contributed by atoms with Gasteiger partial charge in [-0.25, -0.2) is 9.97 Å². The minimum atomic E-state index is -0.980. The minimum absolute atomic E-state index is 0.199. The Bertz CT molecular complexity index is 2110. The molecule has 3 N–H and O–H groups in total. The molecule has 5 aliphatic rings. The number of fused-ring (bicyclic) bond motifs is 1. The Balaban J connectivity index is 0.737. The molecule has 0 radical (unpaired) electrons. The summed E-state index contributed by atoms with van der Waals surface area (Å²) in [4.78, 5) is 59.6. The van der Waals surface area contributed by atoms with E-state index in [0.717, 1.165) is 81.4 Å². The van der Waals surface area contributed by atoms with Gasteiger partial charge in [-0.2, -0.15) is 4.98 Å². The highest BCUT2D eigenvalue weighted by atomic mass is 16.5. The molecule has 57 heavy (non-hydrogen) atoms. The fraction of sp³-hybridized carbons (Fsp3) is 0.442. The lowest BCUT2D eigenvalue weighted by molar-refractivity contribution is -0.136. The number of aliphatic hydroxyl groups is 1. The molecule has 14 heteroatoms. The fourth-order valence-corrected chi connectivity index (χ4v) is 8.99.